The first-order chi connectivity index (χ1) is 8.03. The third-order valence-corrected chi connectivity index (χ3v) is 3.02. The maximum absolute atomic E-state index is 13.0. The Labute approximate surface area is 98.4 Å². The highest BCUT2D eigenvalue weighted by atomic mass is 19.3. The molecule has 0 atom stereocenters. The van der Waals surface area contributed by atoms with Crippen molar-refractivity contribution in [2.24, 2.45) is 0 Å². The van der Waals surface area contributed by atoms with Crippen molar-refractivity contribution in [3.63, 3.8) is 0 Å². The van der Waals surface area contributed by atoms with Crippen LogP contribution in [0.15, 0.2) is 18.2 Å². The molecule has 0 aromatic heterocycles. The lowest BCUT2D eigenvalue weighted by Crippen LogP contribution is -2.39. The number of alkyl halides is 2. The summed E-state index contributed by atoms with van der Waals surface area (Å²) in [5.74, 6) is -2.58. The number of hydrogen-bond donors (Lipinski definition) is 1. The number of anilines is 2. The van der Waals surface area contributed by atoms with Crippen molar-refractivity contribution in [2.75, 3.05) is 23.7 Å². The Hall–Kier alpha value is -1.83. The maximum Gasteiger partial charge on any atom is 0.251 e. The third-order valence-electron chi connectivity index (χ3n) is 3.02. The molecule has 5 heteroatoms. The van der Waals surface area contributed by atoms with E-state index in [2.05, 4.69) is 0 Å². The number of nitriles is 1. The molecule has 1 heterocycles. The fourth-order valence-corrected chi connectivity index (χ4v) is 2.02. The minimum atomic E-state index is -2.58. The molecule has 0 radical (unpaired) electrons. The number of benzene rings is 1. The molecule has 2 rings (SSSR count). The molecule has 0 bridgehead atoms. The summed E-state index contributed by atoms with van der Waals surface area (Å²) in [4.78, 5) is 1.80. The lowest BCUT2D eigenvalue weighted by molar-refractivity contribution is -0.0220. The van der Waals surface area contributed by atoms with E-state index in [1.807, 2.05) is 6.07 Å². The second-order valence-corrected chi connectivity index (χ2v) is 4.20. The largest absolute Gasteiger partial charge is 0.398 e. The zero-order chi connectivity index (χ0) is 12.5. The standard InChI is InChI=1S/C12H13F2N3/c13-12(14)4-6-17(7-5-12)11-3-1-2-10(16)9(11)8-15/h1-3H,4-7,16H2. The van der Waals surface area contributed by atoms with E-state index in [4.69, 9.17) is 11.0 Å². The van der Waals surface area contributed by atoms with Gasteiger partial charge in [0.25, 0.3) is 5.92 Å². The SMILES string of the molecule is N#Cc1c(N)cccc1N1CCC(F)(F)CC1. The van der Waals surface area contributed by atoms with Crippen LogP contribution in [0.2, 0.25) is 0 Å². The number of hydrogen-bond acceptors (Lipinski definition) is 3. The average Bonchev–Trinajstić information content (AvgIpc) is 2.29. The Bertz CT molecular complexity index is 455. The minimum absolute atomic E-state index is 0.174. The topological polar surface area (TPSA) is 53.1 Å². The van der Waals surface area contributed by atoms with Crippen LogP contribution in [0.1, 0.15) is 18.4 Å². The summed E-state index contributed by atoms with van der Waals surface area (Å²) in [6.07, 6.45) is -0.348. The van der Waals surface area contributed by atoms with Gasteiger partial charge in [0.2, 0.25) is 0 Å². The third kappa shape index (κ3) is 2.31. The first-order valence-electron chi connectivity index (χ1n) is 5.45. The van der Waals surface area contributed by atoms with Gasteiger partial charge in [-0.1, -0.05) is 6.07 Å². The van der Waals surface area contributed by atoms with Gasteiger partial charge in [-0.25, -0.2) is 8.78 Å². The molecule has 90 valence electrons. The van der Waals surface area contributed by atoms with Gasteiger partial charge in [-0.3, -0.25) is 0 Å². The highest BCUT2D eigenvalue weighted by Crippen LogP contribution is 2.33. The van der Waals surface area contributed by atoms with Gasteiger partial charge >= 0.3 is 0 Å². The van der Waals surface area contributed by atoms with Crippen molar-refractivity contribution < 1.29 is 8.78 Å². The Kier molecular flexibility index (Phi) is 2.88. The fourth-order valence-electron chi connectivity index (χ4n) is 2.02. The van der Waals surface area contributed by atoms with E-state index in [1.165, 1.54) is 0 Å². The molecule has 1 aromatic carbocycles. The predicted octanol–water partition coefficient (Wildman–Crippen LogP) is 2.38. The monoisotopic (exact) mass is 237 g/mol. The van der Waals surface area contributed by atoms with Crippen LogP contribution in [-0.2, 0) is 0 Å². The first-order valence-corrected chi connectivity index (χ1v) is 5.45. The average molecular weight is 237 g/mol. The molecule has 17 heavy (non-hydrogen) atoms. The molecule has 1 aliphatic rings. The zero-order valence-electron chi connectivity index (χ0n) is 9.29. The predicted molar refractivity (Wildman–Crippen MR) is 62.0 cm³/mol. The lowest BCUT2D eigenvalue weighted by atomic mass is 10.0. The van der Waals surface area contributed by atoms with Crippen LogP contribution in [0, 0.1) is 11.3 Å². The molecule has 0 aliphatic carbocycles. The van der Waals surface area contributed by atoms with E-state index < -0.39 is 5.92 Å². The van der Waals surface area contributed by atoms with E-state index in [1.54, 1.807) is 23.1 Å². The Morgan fingerprint density at radius 1 is 1.29 bits per heavy atom. The zero-order valence-corrected chi connectivity index (χ0v) is 9.29. The number of nitrogens with zero attached hydrogens (tertiary/aromatic N) is 2. The van der Waals surface area contributed by atoms with Crippen molar-refractivity contribution in [3.05, 3.63) is 23.8 Å². The molecule has 1 aliphatic heterocycles. The Morgan fingerprint density at radius 3 is 2.53 bits per heavy atom. The van der Waals surface area contributed by atoms with Crippen LogP contribution in [0.25, 0.3) is 0 Å². The molecular formula is C12H13F2N3. The summed E-state index contributed by atoms with van der Waals surface area (Å²) in [5, 5.41) is 9.03. The lowest BCUT2D eigenvalue weighted by Gasteiger charge is -2.34. The fraction of sp³-hybridized carbons (Fsp3) is 0.417. The second kappa shape index (κ2) is 4.21. The Balaban J connectivity index is 2.25. The van der Waals surface area contributed by atoms with Gasteiger partial charge in [0.05, 0.1) is 16.9 Å². The van der Waals surface area contributed by atoms with Crippen molar-refractivity contribution >= 4 is 11.4 Å². The van der Waals surface area contributed by atoms with Crippen LogP contribution in [0.4, 0.5) is 20.2 Å². The van der Waals surface area contributed by atoms with E-state index in [0.29, 0.717) is 16.9 Å². The molecule has 3 nitrogen and oxygen atoms in total. The van der Waals surface area contributed by atoms with E-state index >= 15 is 0 Å². The molecule has 2 N–H and O–H groups in total. The second-order valence-electron chi connectivity index (χ2n) is 4.20. The first kappa shape index (κ1) is 11.6. The highest BCUT2D eigenvalue weighted by Gasteiger charge is 2.34. The van der Waals surface area contributed by atoms with Crippen LogP contribution in [0.5, 0.6) is 0 Å². The van der Waals surface area contributed by atoms with Crippen LogP contribution >= 0.6 is 0 Å². The number of nitrogens with two attached hydrogens (primary N) is 1. The number of piperidine rings is 1. The minimum Gasteiger partial charge on any atom is -0.398 e. The molecule has 0 spiro atoms. The van der Waals surface area contributed by atoms with Gasteiger partial charge in [0.1, 0.15) is 6.07 Å². The summed E-state index contributed by atoms with van der Waals surface area (Å²) < 4.78 is 26.1. The van der Waals surface area contributed by atoms with Gasteiger partial charge in [0.15, 0.2) is 0 Å². The van der Waals surface area contributed by atoms with Gasteiger partial charge in [-0.2, -0.15) is 5.26 Å². The van der Waals surface area contributed by atoms with Crippen molar-refractivity contribution in [1.29, 1.82) is 5.26 Å². The highest BCUT2D eigenvalue weighted by molar-refractivity contribution is 5.70. The summed E-state index contributed by atoms with van der Waals surface area (Å²) in [6, 6.07) is 7.15. The molecular weight excluding hydrogens is 224 g/mol. The van der Waals surface area contributed by atoms with Crippen LogP contribution < -0.4 is 10.6 Å². The summed E-state index contributed by atoms with van der Waals surface area (Å²) in [6.45, 7) is 0.510. The maximum atomic E-state index is 13.0. The van der Waals surface area contributed by atoms with E-state index in [0.717, 1.165) is 0 Å². The van der Waals surface area contributed by atoms with Crippen molar-refractivity contribution in [2.45, 2.75) is 18.8 Å². The summed E-state index contributed by atoms with van der Waals surface area (Å²) >= 11 is 0. The number of nitrogen functional groups attached to an aromatic ring is 1. The quantitative estimate of drug-likeness (QED) is 0.763. The Morgan fingerprint density at radius 2 is 1.94 bits per heavy atom. The van der Waals surface area contributed by atoms with E-state index in [-0.39, 0.29) is 25.9 Å². The number of halogens is 2. The van der Waals surface area contributed by atoms with Crippen LogP contribution in [-0.4, -0.2) is 19.0 Å². The van der Waals surface area contributed by atoms with Crippen LogP contribution in [0.3, 0.4) is 0 Å². The van der Waals surface area contributed by atoms with Gasteiger partial charge in [-0.05, 0) is 12.1 Å². The van der Waals surface area contributed by atoms with Gasteiger partial charge in [-0.15, -0.1) is 0 Å². The molecule has 0 amide bonds. The number of rotatable bonds is 1. The summed E-state index contributed by atoms with van der Waals surface area (Å²) in [5.41, 5.74) is 7.11. The van der Waals surface area contributed by atoms with Crippen molar-refractivity contribution in [3.8, 4) is 6.07 Å². The van der Waals surface area contributed by atoms with Gasteiger partial charge < -0.3 is 10.6 Å². The molecule has 1 aromatic rings. The molecule has 1 fully saturated rings. The summed E-state index contributed by atoms with van der Waals surface area (Å²) in [7, 11) is 0. The molecule has 1 saturated heterocycles. The molecule has 0 unspecified atom stereocenters. The molecule has 0 saturated carbocycles. The van der Waals surface area contributed by atoms with Crippen molar-refractivity contribution in [1.82, 2.24) is 0 Å². The van der Waals surface area contributed by atoms with E-state index in [9.17, 15) is 8.78 Å². The normalized spacial score (nSPS) is 18.8. The van der Waals surface area contributed by atoms with Gasteiger partial charge in [0, 0.05) is 25.9 Å². The smallest absolute Gasteiger partial charge is 0.251 e.